The van der Waals surface area contributed by atoms with Crippen LogP contribution in [0.3, 0.4) is 0 Å². The Hall–Kier alpha value is -5.08. The number of benzene rings is 2. The second-order valence-corrected chi connectivity index (χ2v) is 12.9. The van der Waals surface area contributed by atoms with E-state index in [1.807, 2.05) is 6.07 Å². The minimum Gasteiger partial charge on any atom is -0.444 e. The number of carbonyl (C=O) groups is 4. The van der Waals surface area contributed by atoms with Crippen LogP contribution in [0.15, 0.2) is 66.0 Å². The van der Waals surface area contributed by atoms with Gasteiger partial charge in [0.1, 0.15) is 5.60 Å². The summed E-state index contributed by atoms with van der Waals surface area (Å²) in [4.78, 5) is 61.8. The number of carbonyl (C=O) groups excluding carboxylic acids is 4. The van der Waals surface area contributed by atoms with Crippen LogP contribution in [-0.2, 0) is 16.1 Å². The number of nitrogens with zero attached hydrogens (tertiary/aromatic N) is 4. The number of anilines is 3. The van der Waals surface area contributed by atoms with Gasteiger partial charge in [-0.3, -0.25) is 25.0 Å². The second-order valence-electron chi connectivity index (χ2n) is 11.0. The number of primary amides is 1. The first-order valence-electron chi connectivity index (χ1n) is 13.9. The number of nitrogens with one attached hydrogen (secondary N) is 2. The molecule has 0 radical (unpaired) electrons. The largest absolute Gasteiger partial charge is 0.444 e. The van der Waals surface area contributed by atoms with Gasteiger partial charge in [-0.25, -0.2) is 14.8 Å². The van der Waals surface area contributed by atoms with E-state index in [9.17, 15) is 19.2 Å². The number of amides is 4. The summed E-state index contributed by atoms with van der Waals surface area (Å²) in [5, 5.41) is 7.63. The van der Waals surface area contributed by atoms with Crippen molar-refractivity contribution in [2.45, 2.75) is 39.3 Å². The van der Waals surface area contributed by atoms with E-state index in [0.29, 0.717) is 38.0 Å². The van der Waals surface area contributed by atoms with E-state index in [-0.39, 0.29) is 24.8 Å². The molecule has 0 aliphatic heterocycles. The molecular formula is C31H31N7O5S2. The van der Waals surface area contributed by atoms with E-state index < -0.39 is 23.5 Å². The summed E-state index contributed by atoms with van der Waals surface area (Å²) >= 11 is 2.47. The van der Waals surface area contributed by atoms with E-state index in [1.54, 1.807) is 92.4 Å². The molecule has 232 valence electrons. The summed E-state index contributed by atoms with van der Waals surface area (Å²) in [6.07, 6.45) is -0.565. The molecule has 4 N–H and O–H groups in total. The summed E-state index contributed by atoms with van der Waals surface area (Å²) in [6.45, 7) is 5.52. The molecule has 4 amide bonds. The molecule has 0 saturated carbocycles. The zero-order valence-electron chi connectivity index (χ0n) is 25.0. The summed E-state index contributed by atoms with van der Waals surface area (Å²) in [7, 11) is 1.68. The average Bonchev–Trinajstić information content (AvgIpc) is 3.73. The van der Waals surface area contributed by atoms with Crippen molar-refractivity contribution in [3.63, 3.8) is 0 Å². The van der Waals surface area contributed by atoms with Crippen molar-refractivity contribution in [2.75, 3.05) is 22.6 Å². The fraction of sp³-hybridized carbons (Fsp3) is 0.226. The molecule has 45 heavy (non-hydrogen) atoms. The van der Waals surface area contributed by atoms with Gasteiger partial charge in [-0.15, -0.1) is 22.7 Å². The Kier molecular flexibility index (Phi) is 8.97. The fourth-order valence-corrected chi connectivity index (χ4v) is 5.99. The molecule has 0 saturated heterocycles. The van der Waals surface area contributed by atoms with Crippen LogP contribution < -0.4 is 21.3 Å². The highest BCUT2D eigenvalue weighted by Gasteiger charge is 2.21. The SMILES string of the molecule is CN(C(=O)c1ccccc1)c1ccc2c(c1)nc(NC(=O)c1ccc(-c3csc(NC(=O)OC(C)(C)C)n3)s1)n2CCC(N)=O. The second kappa shape index (κ2) is 12.9. The molecule has 0 aliphatic rings. The lowest BCUT2D eigenvalue weighted by molar-refractivity contribution is -0.118. The molecule has 5 aromatic rings. The Balaban J connectivity index is 1.35. The van der Waals surface area contributed by atoms with Crippen molar-refractivity contribution >= 4 is 74.3 Å². The van der Waals surface area contributed by atoms with Crippen LogP contribution in [0.25, 0.3) is 21.6 Å². The summed E-state index contributed by atoms with van der Waals surface area (Å²) < 4.78 is 6.99. The number of imidazole rings is 1. The molecule has 3 aromatic heterocycles. The first kappa shape index (κ1) is 31.3. The molecule has 2 aromatic carbocycles. The van der Waals surface area contributed by atoms with Crippen molar-refractivity contribution < 1.29 is 23.9 Å². The van der Waals surface area contributed by atoms with Crippen LogP contribution in [0.1, 0.15) is 47.2 Å². The molecule has 3 heterocycles. The van der Waals surface area contributed by atoms with E-state index in [2.05, 4.69) is 20.6 Å². The van der Waals surface area contributed by atoms with Gasteiger partial charge in [0.2, 0.25) is 11.9 Å². The lowest BCUT2D eigenvalue weighted by atomic mass is 10.2. The van der Waals surface area contributed by atoms with Crippen LogP contribution in [-0.4, -0.2) is 51.0 Å². The zero-order chi connectivity index (χ0) is 32.3. The Bertz CT molecular complexity index is 1890. The number of thiazole rings is 1. The van der Waals surface area contributed by atoms with Crippen LogP contribution in [0.5, 0.6) is 0 Å². The topological polar surface area (TPSA) is 162 Å². The van der Waals surface area contributed by atoms with Gasteiger partial charge in [-0.1, -0.05) is 18.2 Å². The van der Waals surface area contributed by atoms with Gasteiger partial charge in [0.15, 0.2) is 5.13 Å². The molecule has 5 rings (SSSR count). The smallest absolute Gasteiger partial charge is 0.413 e. The number of hydrogen-bond donors (Lipinski definition) is 3. The highest BCUT2D eigenvalue weighted by Crippen LogP contribution is 2.32. The van der Waals surface area contributed by atoms with Gasteiger partial charge in [-0.05, 0) is 63.2 Å². The third-order valence-corrected chi connectivity index (χ3v) is 8.31. The van der Waals surface area contributed by atoms with Crippen molar-refractivity contribution in [3.8, 4) is 10.6 Å². The van der Waals surface area contributed by atoms with Crippen molar-refractivity contribution in [1.29, 1.82) is 0 Å². The lowest BCUT2D eigenvalue weighted by Gasteiger charge is -2.18. The number of aromatic nitrogens is 3. The van der Waals surface area contributed by atoms with Crippen LogP contribution in [0.2, 0.25) is 0 Å². The van der Waals surface area contributed by atoms with Crippen LogP contribution in [0.4, 0.5) is 21.6 Å². The summed E-state index contributed by atoms with van der Waals surface area (Å²) in [5.41, 5.74) is 7.73. The van der Waals surface area contributed by atoms with E-state index in [0.717, 1.165) is 4.88 Å². The predicted octanol–water partition coefficient (Wildman–Crippen LogP) is 5.97. The van der Waals surface area contributed by atoms with E-state index in [4.69, 9.17) is 10.5 Å². The lowest BCUT2D eigenvalue weighted by Crippen LogP contribution is -2.27. The monoisotopic (exact) mass is 645 g/mol. The number of aryl methyl sites for hydroxylation is 1. The molecule has 0 fully saturated rings. The molecule has 0 atom stereocenters. The number of rotatable bonds is 9. The Morgan fingerprint density at radius 2 is 1.76 bits per heavy atom. The Morgan fingerprint density at radius 3 is 2.47 bits per heavy atom. The predicted molar refractivity (Wildman–Crippen MR) is 176 cm³/mol. The first-order valence-corrected chi connectivity index (χ1v) is 15.6. The molecule has 0 spiro atoms. The molecule has 0 aliphatic carbocycles. The summed E-state index contributed by atoms with van der Waals surface area (Å²) in [5.74, 6) is -0.845. The average molecular weight is 646 g/mol. The van der Waals surface area contributed by atoms with E-state index >= 15 is 0 Å². The highest BCUT2D eigenvalue weighted by molar-refractivity contribution is 7.18. The quantitative estimate of drug-likeness (QED) is 0.178. The van der Waals surface area contributed by atoms with Crippen LogP contribution in [0, 0.1) is 0 Å². The van der Waals surface area contributed by atoms with Gasteiger partial charge < -0.3 is 19.9 Å². The maximum Gasteiger partial charge on any atom is 0.413 e. The van der Waals surface area contributed by atoms with Crippen molar-refractivity contribution in [1.82, 2.24) is 14.5 Å². The first-order chi connectivity index (χ1) is 21.4. The third kappa shape index (κ3) is 7.53. The molecule has 12 nitrogen and oxygen atoms in total. The van der Waals surface area contributed by atoms with Gasteiger partial charge >= 0.3 is 6.09 Å². The standard InChI is InChI=1S/C31H31N7O5S2/c1-31(2,3)43-30(42)36-29-34-21(17-44-29)23-12-13-24(45-23)26(40)35-28-33-20-16-19(10-11-22(20)38(28)15-14-25(32)39)37(4)27(41)18-8-6-5-7-9-18/h5-13,16-17H,14-15H2,1-4H3,(H2,32,39)(H,33,35,40)(H,34,36,42). The highest BCUT2D eigenvalue weighted by atomic mass is 32.1. The van der Waals surface area contributed by atoms with Gasteiger partial charge in [-0.2, -0.15) is 0 Å². The van der Waals surface area contributed by atoms with Gasteiger partial charge in [0, 0.05) is 36.6 Å². The van der Waals surface area contributed by atoms with Crippen molar-refractivity contribution in [3.05, 3.63) is 76.5 Å². The van der Waals surface area contributed by atoms with Gasteiger partial charge in [0.25, 0.3) is 11.8 Å². The number of thiophene rings is 1. The number of nitrogens with two attached hydrogens (primary N) is 1. The fourth-order valence-electron chi connectivity index (χ4n) is 4.36. The summed E-state index contributed by atoms with van der Waals surface area (Å²) in [6, 6.07) is 17.7. The minimum absolute atomic E-state index is 0.0368. The number of hydrogen-bond acceptors (Lipinski definition) is 9. The van der Waals surface area contributed by atoms with Crippen molar-refractivity contribution in [2.24, 2.45) is 5.73 Å². The Morgan fingerprint density at radius 1 is 1.00 bits per heavy atom. The maximum atomic E-state index is 13.3. The molecule has 0 bridgehead atoms. The zero-order valence-corrected chi connectivity index (χ0v) is 26.6. The third-order valence-electron chi connectivity index (χ3n) is 6.45. The molecule has 14 heteroatoms. The Labute approximate surface area is 266 Å². The normalized spacial score (nSPS) is 11.3. The minimum atomic E-state index is -0.638. The number of ether oxygens (including phenoxy) is 1. The molecule has 0 unspecified atom stereocenters. The number of fused-ring (bicyclic) bond motifs is 1. The van der Waals surface area contributed by atoms with Gasteiger partial charge in [0.05, 0.1) is 26.5 Å². The maximum absolute atomic E-state index is 13.3. The molecular weight excluding hydrogens is 615 g/mol. The van der Waals surface area contributed by atoms with Crippen LogP contribution >= 0.6 is 22.7 Å². The van der Waals surface area contributed by atoms with E-state index in [1.165, 1.54) is 27.6 Å².